The minimum Gasteiger partial charge on any atom is -0.508 e. The molecule has 0 aliphatic rings. The van der Waals surface area contributed by atoms with Crippen molar-refractivity contribution in [3.63, 3.8) is 0 Å². The summed E-state index contributed by atoms with van der Waals surface area (Å²) < 4.78 is 5.26. The van der Waals surface area contributed by atoms with E-state index in [4.69, 9.17) is 10.5 Å². The Morgan fingerprint density at radius 2 is 2.22 bits per heavy atom. The van der Waals surface area contributed by atoms with Gasteiger partial charge in [0.25, 0.3) is 5.91 Å². The van der Waals surface area contributed by atoms with Crippen molar-refractivity contribution < 1.29 is 14.6 Å². The van der Waals surface area contributed by atoms with Crippen LogP contribution in [0.25, 0.3) is 0 Å². The van der Waals surface area contributed by atoms with Crippen LogP contribution < -0.4 is 5.73 Å². The van der Waals surface area contributed by atoms with Crippen molar-refractivity contribution in [3.05, 3.63) is 29.8 Å². The van der Waals surface area contributed by atoms with Crippen LogP contribution in [0.5, 0.6) is 5.75 Å². The van der Waals surface area contributed by atoms with E-state index in [1.165, 1.54) is 12.1 Å². The average molecular weight is 252 g/mol. The van der Waals surface area contributed by atoms with Crippen LogP contribution in [-0.2, 0) is 4.74 Å². The summed E-state index contributed by atoms with van der Waals surface area (Å²) in [6.07, 6.45) is 0. The van der Waals surface area contributed by atoms with Gasteiger partial charge in [-0.15, -0.1) is 0 Å². The second-order valence-electron chi connectivity index (χ2n) is 3.84. The molecule has 0 fully saturated rings. The number of carbonyl (C=O) groups excluding carboxylic acids is 1. The molecule has 0 atom stereocenters. The van der Waals surface area contributed by atoms with Crippen LogP contribution in [0, 0.1) is 0 Å². The largest absolute Gasteiger partial charge is 0.508 e. The Balaban J connectivity index is 2.56. The van der Waals surface area contributed by atoms with Gasteiger partial charge in [0.1, 0.15) is 5.75 Å². The van der Waals surface area contributed by atoms with Gasteiger partial charge in [-0.05, 0) is 25.1 Å². The van der Waals surface area contributed by atoms with Crippen LogP contribution >= 0.6 is 0 Å². The topological polar surface area (TPSA) is 75.8 Å². The molecule has 0 aliphatic carbocycles. The Hall–Kier alpha value is -1.59. The highest BCUT2D eigenvalue weighted by molar-refractivity contribution is 5.94. The lowest BCUT2D eigenvalue weighted by Gasteiger charge is -2.20. The van der Waals surface area contributed by atoms with Gasteiger partial charge < -0.3 is 20.5 Å². The zero-order valence-corrected chi connectivity index (χ0v) is 10.6. The third-order valence-corrected chi connectivity index (χ3v) is 2.53. The van der Waals surface area contributed by atoms with Crippen molar-refractivity contribution >= 4 is 5.91 Å². The minimum atomic E-state index is -0.107. The highest BCUT2D eigenvalue weighted by Crippen LogP contribution is 2.12. The number of phenolic OH excluding ortho intramolecular Hbond substituents is 1. The number of ether oxygens (including phenoxy) is 1. The van der Waals surface area contributed by atoms with E-state index < -0.39 is 0 Å². The first-order valence-corrected chi connectivity index (χ1v) is 6.05. The number of likely N-dealkylation sites (N-methyl/N-ethyl adjacent to an activating group) is 1. The molecule has 18 heavy (non-hydrogen) atoms. The van der Waals surface area contributed by atoms with Crippen LogP contribution in [0.15, 0.2) is 24.3 Å². The Morgan fingerprint density at radius 1 is 1.44 bits per heavy atom. The molecule has 5 heteroatoms. The molecule has 1 aromatic carbocycles. The van der Waals surface area contributed by atoms with Crippen molar-refractivity contribution in [1.82, 2.24) is 4.90 Å². The van der Waals surface area contributed by atoms with Gasteiger partial charge in [-0.3, -0.25) is 4.79 Å². The molecule has 100 valence electrons. The number of benzene rings is 1. The molecule has 0 aromatic heterocycles. The van der Waals surface area contributed by atoms with Crippen LogP contribution in [-0.4, -0.2) is 48.8 Å². The highest BCUT2D eigenvalue weighted by Gasteiger charge is 2.13. The second kappa shape index (κ2) is 7.68. The maximum Gasteiger partial charge on any atom is 0.254 e. The van der Waals surface area contributed by atoms with Crippen molar-refractivity contribution in [2.45, 2.75) is 6.92 Å². The Bertz CT molecular complexity index is 382. The number of hydrogen-bond acceptors (Lipinski definition) is 4. The van der Waals surface area contributed by atoms with Crippen LogP contribution in [0.1, 0.15) is 17.3 Å². The Labute approximate surface area is 107 Å². The lowest BCUT2D eigenvalue weighted by molar-refractivity contribution is 0.0663. The third kappa shape index (κ3) is 4.35. The molecule has 0 spiro atoms. The van der Waals surface area contributed by atoms with Crippen molar-refractivity contribution in [1.29, 1.82) is 0 Å². The molecule has 3 N–H and O–H groups in total. The highest BCUT2D eigenvalue weighted by atomic mass is 16.5. The molecule has 1 amide bonds. The number of aromatic hydroxyl groups is 1. The van der Waals surface area contributed by atoms with E-state index in [0.717, 1.165) is 0 Å². The maximum absolute atomic E-state index is 12.1. The summed E-state index contributed by atoms with van der Waals surface area (Å²) in [6.45, 7) is 4.47. The summed E-state index contributed by atoms with van der Waals surface area (Å²) in [5.41, 5.74) is 5.79. The van der Waals surface area contributed by atoms with E-state index in [1.54, 1.807) is 17.0 Å². The lowest BCUT2D eigenvalue weighted by atomic mass is 10.2. The first-order chi connectivity index (χ1) is 8.69. The predicted molar refractivity (Wildman–Crippen MR) is 69.6 cm³/mol. The molecular formula is C13H20N2O3. The van der Waals surface area contributed by atoms with Crippen molar-refractivity contribution in [2.75, 3.05) is 32.8 Å². The number of phenols is 1. The predicted octanol–water partition coefficient (Wildman–Crippen LogP) is 0.830. The molecule has 0 aliphatic heterocycles. The molecule has 0 saturated heterocycles. The molecule has 0 radical (unpaired) electrons. The van der Waals surface area contributed by atoms with Crippen molar-refractivity contribution in [3.8, 4) is 5.75 Å². The SMILES string of the molecule is CCN(CCOCCN)C(=O)c1cccc(O)c1. The summed E-state index contributed by atoms with van der Waals surface area (Å²) in [4.78, 5) is 13.8. The third-order valence-electron chi connectivity index (χ3n) is 2.53. The first-order valence-electron chi connectivity index (χ1n) is 6.05. The summed E-state index contributed by atoms with van der Waals surface area (Å²) in [5, 5.41) is 9.35. The standard InChI is InChI=1S/C13H20N2O3/c1-2-15(7-9-18-8-6-14)13(17)11-4-3-5-12(16)10-11/h3-5,10,16H,2,6-9,14H2,1H3. The Kier molecular flexibility index (Phi) is 6.18. The molecule has 1 aromatic rings. The summed E-state index contributed by atoms with van der Waals surface area (Å²) in [7, 11) is 0. The monoisotopic (exact) mass is 252 g/mol. The number of nitrogens with zero attached hydrogens (tertiary/aromatic N) is 1. The van der Waals surface area contributed by atoms with Crippen LogP contribution in [0.4, 0.5) is 0 Å². The minimum absolute atomic E-state index is 0.0938. The number of carbonyl (C=O) groups is 1. The molecule has 1 rings (SSSR count). The molecular weight excluding hydrogens is 232 g/mol. The lowest BCUT2D eigenvalue weighted by Crippen LogP contribution is -2.34. The molecule has 0 bridgehead atoms. The normalized spacial score (nSPS) is 10.3. The summed E-state index contributed by atoms with van der Waals surface area (Å²) in [5.74, 6) is -0.0129. The average Bonchev–Trinajstić information content (AvgIpc) is 2.38. The van der Waals surface area contributed by atoms with Gasteiger partial charge in [0, 0.05) is 25.2 Å². The van der Waals surface area contributed by atoms with E-state index in [2.05, 4.69) is 0 Å². The number of amides is 1. The number of rotatable bonds is 7. The van der Waals surface area contributed by atoms with E-state index >= 15 is 0 Å². The molecule has 0 unspecified atom stereocenters. The van der Waals surface area contributed by atoms with Gasteiger partial charge in [-0.2, -0.15) is 0 Å². The molecule has 0 heterocycles. The van der Waals surface area contributed by atoms with E-state index in [0.29, 0.717) is 38.4 Å². The zero-order chi connectivity index (χ0) is 13.4. The van der Waals surface area contributed by atoms with E-state index in [9.17, 15) is 9.90 Å². The second-order valence-corrected chi connectivity index (χ2v) is 3.84. The van der Waals surface area contributed by atoms with Gasteiger partial charge in [0.2, 0.25) is 0 Å². The first kappa shape index (κ1) is 14.5. The smallest absolute Gasteiger partial charge is 0.254 e. The van der Waals surface area contributed by atoms with Gasteiger partial charge in [-0.25, -0.2) is 0 Å². The fraction of sp³-hybridized carbons (Fsp3) is 0.462. The number of hydrogen-bond donors (Lipinski definition) is 2. The summed E-state index contributed by atoms with van der Waals surface area (Å²) >= 11 is 0. The van der Waals surface area contributed by atoms with Gasteiger partial charge >= 0.3 is 0 Å². The molecule has 0 saturated carbocycles. The number of nitrogens with two attached hydrogens (primary N) is 1. The van der Waals surface area contributed by atoms with E-state index in [1.807, 2.05) is 6.92 Å². The Morgan fingerprint density at radius 3 is 2.83 bits per heavy atom. The van der Waals surface area contributed by atoms with Gasteiger partial charge in [0.15, 0.2) is 0 Å². The quantitative estimate of drug-likeness (QED) is 0.705. The summed E-state index contributed by atoms with van der Waals surface area (Å²) in [6, 6.07) is 6.34. The fourth-order valence-corrected chi connectivity index (χ4v) is 1.58. The maximum atomic E-state index is 12.1. The molecule has 5 nitrogen and oxygen atoms in total. The zero-order valence-electron chi connectivity index (χ0n) is 10.6. The van der Waals surface area contributed by atoms with Crippen LogP contribution in [0.2, 0.25) is 0 Å². The fourth-order valence-electron chi connectivity index (χ4n) is 1.58. The van der Waals surface area contributed by atoms with Crippen molar-refractivity contribution in [2.24, 2.45) is 5.73 Å². The van der Waals surface area contributed by atoms with Crippen LogP contribution in [0.3, 0.4) is 0 Å². The van der Waals surface area contributed by atoms with Gasteiger partial charge in [0.05, 0.1) is 13.2 Å². The van der Waals surface area contributed by atoms with Gasteiger partial charge in [-0.1, -0.05) is 6.07 Å². The van der Waals surface area contributed by atoms with E-state index in [-0.39, 0.29) is 11.7 Å².